The van der Waals surface area contributed by atoms with E-state index in [2.05, 4.69) is 10.4 Å². The van der Waals surface area contributed by atoms with Gasteiger partial charge in [-0.1, -0.05) is 30.3 Å². The second-order valence-corrected chi connectivity index (χ2v) is 6.45. The first-order valence-corrected chi connectivity index (χ1v) is 8.96. The number of phenols is 1. The van der Waals surface area contributed by atoms with Crippen molar-refractivity contribution in [2.45, 2.75) is 6.61 Å². The van der Waals surface area contributed by atoms with Crippen LogP contribution in [-0.2, 0) is 6.61 Å². The number of nitrogens with two attached hydrogens (primary N) is 1. The maximum atomic E-state index is 11.8. The predicted molar refractivity (Wildman–Crippen MR) is 110 cm³/mol. The number of aromatic hydroxyl groups is 1. The number of nitrogens with one attached hydrogen (secondary N) is 1. The monoisotopic (exact) mass is 387 g/mol. The van der Waals surface area contributed by atoms with Crippen LogP contribution in [0.3, 0.4) is 0 Å². The molecule has 0 spiro atoms. The van der Waals surface area contributed by atoms with Gasteiger partial charge in [-0.15, -0.1) is 0 Å². The molecule has 1 heterocycles. The molecule has 0 aromatic heterocycles. The molecule has 0 bridgehead atoms. The Morgan fingerprint density at radius 3 is 2.72 bits per heavy atom. The van der Waals surface area contributed by atoms with Gasteiger partial charge in [-0.05, 0) is 34.8 Å². The highest BCUT2D eigenvalue weighted by atomic mass is 16.5. The number of fused-ring (bicyclic) bond motifs is 1. The summed E-state index contributed by atoms with van der Waals surface area (Å²) < 4.78 is 7.48. The van der Waals surface area contributed by atoms with Gasteiger partial charge in [0.15, 0.2) is 5.69 Å². The Hall–Kier alpha value is -3.97. The Labute approximate surface area is 167 Å². The number of nitrogen functional groups attached to an aromatic ring is 1. The number of amides is 1. The highest BCUT2D eigenvalue weighted by molar-refractivity contribution is 5.96. The van der Waals surface area contributed by atoms with E-state index in [4.69, 9.17) is 10.6 Å². The number of hydrogen-bond donors (Lipinski definition) is 3. The quantitative estimate of drug-likeness (QED) is 0.271. The highest BCUT2D eigenvalue weighted by Gasteiger charge is 2.22. The van der Waals surface area contributed by atoms with Crippen LogP contribution in [0.25, 0.3) is 0 Å². The Balaban J connectivity index is 1.55. The molecule has 7 heteroatoms. The molecule has 3 aromatic carbocycles. The van der Waals surface area contributed by atoms with Crippen molar-refractivity contribution in [1.82, 2.24) is 5.43 Å². The summed E-state index contributed by atoms with van der Waals surface area (Å²) in [6.45, 7) is 0.418. The van der Waals surface area contributed by atoms with Crippen LogP contribution in [0.15, 0.2) is 71.7 Å². The molecule has 3 aromatic rings. The number of benzene rings is 3. The van der Waals surface area contributed by atoms with E-state index in [1.807, 2.05) is 30.3 Å². The van der Waals surface area contributed by atoms with Gasteiger partial charge in [-0.2, -0.15) is 4.58 Å². The maximum absolute atomic E-state index is 11.8. The number of carbonyl (C=O) groups is 1. The first kappa shape index (κ1) is 18.4. The molecule has 0 saturated carbocycles. The van der Waals surface area contributed by atoms with Gasteiger partial charge in [0.2, 0.25) is 5.69 Å². The summed E-state index contributed by atoms with van der Waals surface area (Å²) in [5.74, 6) is 5.47. The van der Waals surface area contributed by atoms with Crippen molar-refractivity contribution in [2.24, 2.45) is 10.8 Å². The minimum absolute atomic E-state index is 0.0771. The molecule has 1 amide bonds. The van der Waals surface area contributed by atoms with Crippen molar-refractivity contribution in [3.8, 4) is 11.5 Å². The normalized spacial score (nSPS) is 13.3. The van der Waals surface area contributed by atoms with Crippen molar-refractivity contribution in [2.75, 3.05) is 0 Å². The van der Waals surface area contributed by atoms with E-state index in [-0.39, 0.29) is 11.7 Å². The molecule has 0 atom stereocenters. The van der Waals surface area contributed by atoms with Crippen LogP contribution in [0.1, 0.15) is 21.5 Å². The average Bonchev–Trinajstić information content (AvgIpc) is 3.16. The van der Waals surface area contributed by atoms with E-state index in [1.165, 1.54) is 0 Å². The number of aliphatic imine (C=N–C) groups is 1. The molecule has 7 nitrogen and oxygen atoms in total. The Bertz CT molecular complexity index is 1120. The lowest BCUT2D eigenvalue weighted by Gasteiger charge is -2.08. The molecule has 1 aliphatic heterocycles. The topological polar surface area (TPSA) is 100.0 Å². The summed E-state index contributed by atoms with van der Waals surface area (Å²) in [4.78, 5) is 16.1. The van der Waals surface area contributed by atoms with Crippen molar-refractivity contribution < 1.29 is 19.2 Å². The van der Waals surface area contributed by atoms with Gasteiger partial charge >= 0.3 is 0 Å². The van der Waals surface area contributed by atoms with Gasteiger partial charge in [0.25, 0.3) is 12.2 Å². The molecule has 0 aliphatic carbocycles. The van der Waals surface area contributed by atoms with Crippen LogP contribution in [0.2, 0.25) is 0 Å². The number of carbonyl (C=O) groups excluding carboxylic acids is 1. The van der Waals surface area contributed by atoms with E-state index in [9.17, 15) is 9.90 Å². The third-order valence-corrected chi connectivity index (χ3v) is 4.50. The number of nitrogens with zero attached hydrogens (tertiary/aromatic N) is 2. The van der Waals surface area contributed by atoms with E-state index < -0.39 is 0 Å². The Kier molecular flexibility index (Phi) is 5.05. The summed E-state index contributed by atoms with van der Waals surface area (Å²) >= 11 is 0. The zero-order chi connectivity index (χ0) is 20.2. The highest BCUT2D eigenvalue weighted by Crippen LogP contribution is 2.33. The molecule has 0 saturated heterocycles. The van der Waals surface area contributed by atoms with Gasteiger partial charge in [-0.3, -0.25) is 10.2 Å². The summed E-state index contributed by atoms with van der Waals surface area (Å²) in [5.41, 5.74) is 5.61. The lowest BCUT2D eigenvalue weighted by atomic mass is 10.1. The predicted octanol–water partition coefficient (Wildman–Crippen LogP) is 3.01. The fourth-order valence-electron chi connectivity index (χ4n) is 2.97. The fraction of sp³-hybridized carbons (Fsp3) is 0.0455. The van der Waals surface area contributed by atoms with Crippen LogP contribution in [-0.4, -0.2) is 28.1 Å². The van der Waals surface area contributed by atoms with E-state index >= 15 is 0 Å². The van der Waals surface area contributed by atoms with Gasteiger partial charge in [0, 0.05) is 17.7 Å². The van der Waals surface area contributed by atoms with Gasteiger partial charge < -0.3 is 9.84 Å². The number of phenolic OH excluding ortho intramolecular Hbond substituents is 1. The number of hydrogen-bond acceptors (Lipinski definition) is 5. The largest absolute Gasteiger partial charge is 0.507 e. The third-order valence-electron chi connectivity index (χ3n) is 4.50. The average molecular weight is 387 g/mol. The van der Waals surface area contributed by atoms with Crippen LogP contribution in [0, 0.1) is 0 Å². The number of rotatable bonds is 5. The molecule has 0 fully saturated rings. The first-order valence-electron chi connectivity index (χ1n) is 8.96. The van der Waals surface area contributed by atoms with Crippen molar-refractivity contribution >= 4 is 29.8 Å². The number of hydrazine groups is 1. The van der Waals surface area contributed by atoms with E-state index in [1.54, 1.807) is 53.5 Å². The van der Waals surface area contributed by atoms with E-state index in [0.717, 1.165) is 16.9 Å². The minimum Gasteiger partial charge on any atom is -0.507 e. The zero-order valence-electron chi connectivity index (χ0n) is 15.4. The first-order chi connectivity index (χ1) is 14.1. The SMILES string of the molecule is NNC(=O)c1ccc2c(c1)[N+](=Cc1ccc(OCc3ccccc3)cc1O)C=N2. The molecule has 4 rings (SSSR count). The van der Waals surface area contributed by atoms with Gasteiger partial charge in [-0.25, -0.2) is 5.84 Å². The molecule has 0 radical (unpaired) electrons. The lowest BCUT2D eigenvalue weighted by molar-refractivity contribution is -0.282. The second kappa shape index (κ2) is 7.95. The lowest BCUT2D eigenvalue weighted by Crippen LogP contribution is -2.29. The Morgan fingerprint density at radius 2 is 1.97 bits per heavy atom. The van der Waals surface area contributed by atoms with Crippen molar-refractivity contribution in [3.63, 3.8) is 0 Å². The minimum atomic E-state index is -0.387. The van der Waals surface area contributed by atoms with Crippen LogP contribution in [0.4, 0.5) is 11.4 Å². The van der Waals surface area contributed by atoms with Crippen molar-refractivity contribution in [1.29, 1.82) is 0 Å². The summed E-state index contributed by atoms with van der Waals surface area (Å²) in [6.07, 6.45) is 3.35. The van der Waals surface area contributed by atoms with Crippen LogP contribution < -0.4 is 16.0 Å². The maximum Gasteiger partial charge on any atom is 0.292 e. The molecule has 0 unspecified atom stereocenters. The fourth-order valence-corrected chi connectivity index (χ4v) is 2.97. The van der Waals surface area contributed by atoms with Gasteiger partial charge in [0.05, 0.1) is 5.56 Å². The molecular weight excluding hydrogens is 368 g/mol. The standard InChI is InChI=1S/C22H18N4O3/c23-25-22(28)16-7-9-19-20(10-16)26(14-24-19)12-17-6-8-18(11-21(17)27)29-13-15-4-2-1-3-5-15/h1-12,14H,13,23H2,(H,25,28)/p+1. The summed E-state index contributed by atoms with van der Waals surface area (Å²) in [6, 6.07) is 20.0. The number of ether oxygens (including phenoxy) is 1. The van der Waals surface area contributed by atoms with Crippen LogP contribution >= 0.6 is 0 Å². The van der Waals surface area contributed by atoms with Crippen molar-refractivity contribution in [3.05, 3.63) is 83.4 Å². The Morgan fingerprint density at radius 1 is 1.14 bits per heavy atom. The summed E-state index contributed by atoms with van der Waals surface area (Å²) in [7, 11) is 0. The van der Waals surface area contributed by atoms with E-state index in [0.29, 0.717) is 23.5 Å². The zero-order valence-corrected chi connectivity index (χ0v) is 15.4. The van der Waals surface area contributed by atoms with Gasteiger partial charge in [0.1, 0.15) is 24.3 Å². The molecular formula is C22H19N4O3+. The molecule has 4 N–H and O–H groups in total. The van der Waals surface area contributed by atoms with Crippen LogP contribution in [0.5, 0.6) is 11.5 Å². The summed E-state index contributed by atoms with van der Waals surface area (Å²) in [5, 5.41) is 10.4. The molecule has 144 valence electrons. The molecule has 1 aliphatic rings. The second-order valence-electron chi connectivity index (χ2n) is 6.45. The molecule has 29 heavy (non-hydrogen) atoms. The smallest absolute Gasteiger partial charge is 0.292 e. The third kappa shape index (κ3) is 3.99.